The van der Waals surface area contributed by atoms with Crippen molar-refractivity contribution in [1.82, 2.24) is 0 Å². The summed E-state index contributed by atoms with van der Waals surface area (Å²) in [5.41, 5.74) is 9.10. The number of aliphatic carboxylic acids is 1. The van der Waals surface area contributed by atoms with Crippen LogP contribution in [0.4, 0.5) is 0 Å². The summed E-state index contributed by atoms with van der Waals surface area (Å²) in [5.74, 6) is -0.765. The molecule has 1 aromatic rings. The van der Waals surface area contributed by atoms with E-state index in [0.717, 1.165) is 18.4 Å². The number of rotatable bonds is 3. The van der Waals surface area contributed by atoms with Gasteiger partial charge in [0, 0.05) is 12.0 Å². The lowest BCUT2D eigenvalue weighted by Gasteiger charge is -2.27. The molecule has 0 saturated carbocycles. The fourth-order valence-corrected chi connectivity index (χ4v) is 2.71. The average molecular weight is 219 g/mol. The Balaban J connectivity index is 2.43. The van der Waals surface area contributed by atoms with Crippen LogP contribution in [0.1, 0.15) is 29.5 Å². The monoisotopic (exact) mass is 219 g/mol. The fourth-order valence-electron chi connectivity index (χ4n) is 2.71. The van der Waals surface area contributed by atoms with Crippen LogP contribution >= 0.6 is 0 Å². The van der Waals surface area contributed by atoms with Gasteiger partial charge < -0.3 is 10.8 Å². The van der Waals surface area contributed by atoms with Crippen LogP contribution in [0.25, 0.3) is 0 Å². The van der Waals surface area contributed by atoms with E-state index in [9.17, 15) is 4.79 Å². The SMILES string of the molecule is Cc1ccc2c(c1)CCC2(CN)CC(=O)O. The molecule has 3 N–H and O–H groups in total. The molecule has 1 aliphatic carbocycles. The summed E-state index contributed by atoms with van der Waals surface area (Å²) in [4.78, 5) is 10.9. The second kappa shape index (κ2) is 3.91. The summed E-state index contributed by atoms with van der Waals surface area (Å²) < 4.78 is 0. The number of fused-ring (bicyclic) bond motifs is 1. The Bertz CT molecular complexity index is 428. The Morgan fingerprint density at radius 1 is 1.56 bits per heavy atom. The van der Waals surface area contributed by atoms with Gasteiger partial charge in [-0.15, -0.1) is 0 Å². The normalized spacial score (nSPS) is 23.1. The van der Waals surface area contributed by atoms with Gasteiger partial charge in [-0.3, -0.25) is 4.79 Å². The van der Waals surface area contributed by atoms with Gasteiger partial charge in [-0.2, -0.15) is 0 Å². The van der Waals surface area contributed by atoms with Crippen molar-refractivity contribution in [2.24, 2.45) is 5.73 Å². The number of carboxylic acid groups (broad SMARTS) is 1. The predicted octanol–water partition coefficient (Wildman–Crippen LogP) is 1.61. The van der Waals surface area contributed by atoms with Gasteiger partial charge >= 0.3 is 5.97 Å². The van der Waals surface area contributed by atoms with E-state index in [-0.39, 0.29) is 11.8 Å². The van der Waals surface area contributed by atoms with Crippen molar-refractivity contribution in [1.29, 1.82) is 0 Å². The number of benzene rings is 1. The summed E-state index contributed by atoms with van der Waals surface area (Å²) in [5, 5.41) is 8.99. The van der Waals surface area contributed by atoms with Gasteiger partial charge in [0.15, 0.2) is 0 Å². The number of nitrogens with two attached hydrogens (primary N) is 1. The Hall–Kier alpha value is -1.35. The van der Waals surface area contributed by atoms with E-state index in [2.05, 4.69) is 13.0 Å². The van der Waals surface area contributed by atoms with Gasteiger partial charge in [0.1, 0.15) is 0 Å². The highest BCUT2D eigenvalue weighted by Crippen LogP contribution is 2.41. The van der Waals surface area contributed by atoms with Crippen LogP contribution in [0.2, 0.25) is 0 Å². The highest BCUT2D eigenvalue weighted by molar-refractivity contribution is 5.70. The first-order valence-corrected chi connectivity index (χ1v) is 5.59. The average Bonchev–Trinajstić information content (AvgIpc) is 2.56. The van der Waals surface area contributed by atoms with Gasteiger partial charge in [0.25, 0.3) is 0 Å². The minimum absolute atomic E-state index is 0.138. The summed E-state index contributed by atoms with van der Waals surface area (Å²) >= 11 is 0. The Kier molecular flexibility index (Phi) is 2.72. The molecule has 3 nitrogen and oxygen atoms in total. The van der Waals surface area contributed by atoms with Crippen LogP contribution in [-0.4, -0.2) is 17.6 Å². The van der Waals surface area contributed by atoms with E-state index in [1.165, 1.54) is 11.1 Å². The third kappa shape index (κ3) is 1.71. The molecule has 86 valence electrons. The van der Waals surface area contributed by atoms with E-state index < -0.39 is 5.97 Å². The molecule has 0 heterocycles. The summed E-state index contributed by atoms with van der Waals surface area (Å²) in [6.07, 6.45) is 1.94. The zero-order valence-corrected chi connectivity index (χ0v) is 9.49. The van der Waals surface area contributed by atoms with Crippen molar-refractivity contribution in [3.05, 3.63) is 34.9 Å². The molecule has 1 unspecified atom stereocenters. The molecule has 1 atom stereocenters. The van der Waals surface area contributed by atoms with Crippen LogP contribution in [-0.2, 0) is 16.6 Å². The van der Waals surface area contributed by atoms with Crippen molar-refractivity contribution in [3.8, 4) is 0 Å². The number of aryl methyl sites for hydroxylation is 2. The first-order valence-electron chi connectivity index (χ1n) is 5.59. The molecule has 0 radical (unpaired) electrons. The maximum absolute atomic E-state index is 10.9. The van der Waals surface area contributed by atoms with E-state index in [1.54, 1.807) is 0 Å². The minimum Gasteiger partial charge on any atom is -0.481 e. The van der Waals surface area contributed by atoms with E-state index in [4.69, 9.17) is 10.8 Å². The highest BCUT2D eigenvalue weighted by atomic mass is 16.4. The van der Waals surface area contributed by atoms with Crippen LogP contribution < -0.4 is 5.73 Å². The number of carboxylic acids is 1. The maximum Gasteiger partial charge on any atom is 0.304 e. The molecule has 3 heteroatoms. The Morgan fingerprint density at radius 2 is 2.31 bits per heavy atom. The third-order valence-electron chi connectivity index (χ3n) is 3.59. The minimum atomic E-state index is -0.765. The van der Waals surface area contributed by atoms with Crippen molar-refractivity contribution >= 4 is 5.97 Å². The molecule has 0 aromatic heterocycles. The van der Waals surface area contributed by atoms with Crippen molar-refractivity contribution in [2.45, 2.75) is 31.6 Å². The van der Waals surface area contributed by atoms with E-state index in [1.807, 2.05) is 12.1 Å². The van der Waals surface area contributed by atoms with Gasteiger partial charge in [0.2, 0.25) is 0 Å². The fraction of sp³-hybridized carbons (Fsp3) is 0.462. The van der Waals surface area contributed by atoms with E-state index in [0.29, 0.717) is 6.54 Å². The van der Waals surface area contributed by atoms with Crippen LogP contribution in [0.15, 0.2) is 18.2 Å². The highest BCUT2D eigenvalue weighted by Gasteiger charge is 2.39. The zero-order chi connectivity index (χ0) is 11.8. The van der Waals surface area contributed by atoms with Gasteiger partial charge in [-0.05, 0) is 30.9 Å². The Morgan fingerprint density at radius 3 is 2.94 bits per heavy atom. The number of hydrogen-bond acceptors (Lipinski definition) is 2. The molecule has 0 saturated heterocycles. The lowest BCUT2D eigenvalue weighted by molar-refractivity contribution is -0.138. The zero-order valence-electron chi connectivity index (χ0n) is 9.49. The lowest BCUT2D eigenvalue weighted by atomic mass is 9.79. The van der Waals surface area contributed by atoms with Crippen molar-refractivity contribution in [2.75, 3.05) is 6.54 Å². The molecule has 16 heavy (non-hydrogen) atoms. The molecule has 0 bridgehead atoms. The van der Waals surface area contributed by atoms with E-state index >= 15 is 0 Å². The van der Waals surface area contributed by atoms with Gasteiger partial charge in [-0.1, -0.05) is 23.8 Å². The quantitative estimate of drug-likeness (QED) is 0.811. The van der Waals surface area contributed by atoms with Crippen LogP contribution in [0.5, 0.6) is 0 Å². The molecule has 0 fully saturated rings. The first kappa shape index (κ1) is 11.1. The molecular formula is C13H17NO2. The Labute approximate surface area is 95.3 Å². The summed E-state index contributed by atoms with van der Waals surface area (Å²) in [7, 11) is 0. The molecule has 2 rings (SSSR count). The second-order valence-electron chi connectivity index (χ2n) is 4.72. The second-order valence-corrected chi connectivity index (χ2v) is 4.72. The largest absolute Gasteiger partial charge is 0.481 e. The number of carbonyl (C=O) groups is 1. The lowest BCUT2D eigenvalue weighted by Crippen LogP contribution is -2.35. The summed E-state index contributed by atoms with van der Waals surface area (Å²) in [6, 6.07) is 6.23. The molecule has 0 spiro atoms. The summed E-state index contributed by atoms with van der Waals surface area (Å²) in [6.45, 7) is 2.47. The maximum atomic E-state index is 10.9. The number of hydrogen-bond donors (Lipinski definition) is 2. The third-order valence-corrected chi connectivity index (χ3v) is 3.59. The van der Waals surface area contributed by atoms with Crippen molar-refractivity contribution in [3.63, 3.8) is 0 Å². The topological polar surface area (TPSA) is 63.3 Å². The van der Waals surface area contributed by atoms with Gasteiger partial charge in [0.05, 0.1) is 6.42 Å². The van der Waals surface area contributed by atoms with Crippen molar-refractivity contribution < 1.29 is 9.90 Å². The predicted molar refractivity (Wildman–Crippen MR) is 62.5 cm³/mol. The molecule has 0 amide bonds. The molecular weight excluding hydrogens is 202 g/mol. The molecule has 1 aliphatic rings. The van der Waals surface area contributed by atoms with Crippen LogP contribution in [0.3, 0.4) is 0 Å². The van der Waals surface area contributed by atoms with Gasteiger partial charge in [-0.25, -0.2) is 0 Å². The van der Waals surface area contributed by atoms with Crippen LogP contribution in [0, 0.1) is 6.92 Å². The molecule has 0 aliphatic heterocycles. The first-order chi connectivity index (χ1) is 7.57. The molecule has 1 aromatic carbocycles. The standard InChI is InChI=1S/C13H17NO2/c1-9-2-3-11-10(6-9)4-5-13(11,8-14)7-12(15)16/h2-3,6H,4-5,7-8,14H2,1H3,(H,15,16). The smallest absolute Gasteiger partial charge is 0.304 e.